The van der Waals surface area contributed by atoms with Crippen LogP contribution in [0.25, 0.3) is 0 Å². The van der Waals surface area contributed by atoms with Gasteiger partial charge >= 0.3 is 5.97 Å². The predicted molar refractivity (Wildman–Crippen MR) is 174 cm³/mol. The zero-order chi connectivity index (χ0) is 32.1. The smallest absolute Gasteiger partial charge is 0.306 e. The molecule has 45 heavy (non-hydrogen) atoms. The number of esters is 1. The minimum Gasteiger partial charge on any atom is -0.487 e. The molecule has 244 valence electrons. The normalized spacial score (nSPS) is 27.7. The Balaban J connectivity index is 1.55. The molecular weight excluding hydrogens is 616 g/mol. The summed E-state index contributed by atoms with van der Waals surface area (Å²) in [5, 5.41) is -0.473. The van der Waals surface area contributed by atoms with Crippen molar-refractivity contribution in [1.29, 1.82) is 0 Å². The van der Waals surface area contributed by atoms with Gasteiger partial charge < -0.3 is 19.1 Å². The number of halogens is 1. The zero-order valence-corrected chi connectivity index (χ0v) is 27.7. The molecule has 0 aromatic heterocycles. The molecule has 2 heterocycles. The summed E-state index contributed by atoms with van der Waals surface area (Å²) in [4.78, 5) is 28.1. The summed E-state index contributed by atoms with van der Waals surface area (Å²) in [7, 11) is -1.32. The minimum atomic E-state index is -4.25. The summed E-state index contributed by atoms with van der Waals surface area (Å²) >= 11 is 6.32. The monoisotopic (exact) mass is 658 g/mol. The fourth-order valence-corrected chi connectivity index (χ4v) is 8.52. The SMILES string of the molecule is COC(=O)C[C@H]1[C@H](C)C/C=C/[C@H](OC)[C@@H]2CC[C@H]2CN2CCCCc3cc(Cl)ccc3COc3ccc(cc32)C(=O)NS1(=O)=O. The fraction of sp³-hybridized carbons (Fsp3) is 0.529. The molecule has 3 aliphatic rings. The lowest BCUT2D eigenvalue weighted by atomic mass is 9.70. The third-order valence-corrected chi connectivity index (χ3v) is 11.7. The lowest BCUT2D eigenvalue weighted by Gasteiger charge is -2.43. The average Bonchev–Trinajstić information content (AvgIpc) is 3.03. The summed E-state index contributed by atoms with van der Waals surface area (Å²) in [6, 6.07) is 10.9. The quantitative estimate of drug-likeness (QED) is 0.331. The summed E-state index contributed by atoms with van der Waals surface area (Å²) < 4.78 is 46.6. The lowest BCUT2D eigenvalue weighted by Crippen LogP contribution is -2.44. The Morgan fingerprint density at radius 3 is 2.67 bits per heavy atom. The maximum absolute atomic E-state index is 13.6. The molecule has 1 amide bonds. The van der Waals surface area contributed by atoms with Crippen molar-refractivity contribution in [2.75, 3.05) is 32.2 Å². The van der Waals surface area contributed by atoms with E-state index in [4.69, 9.17) is 25.8 Å². The van der Waals surface area contributed by atoms with Crippen molar-refractivity contribution in [1.82, 2.24) is 4.72 Å². The van der Waals surface area contributed by atoms with Gasteiger partial charge in [-0.25, -0.2) is 13.1 Å². The number of allylic oxidation sites excluding steroid dienone is 1. The number of methoxy groups -OCH3 is 2. The van der Waals surface area contributed by atoms with E-state index < -0.39 is 33.1 Å². The number of nitrogens with one attached hydrogen (secondary N) is 1. The van der Waals surface area contributed by atoms with E-state index >= 15 is 0 Å². The topological polar surface area (TPSA) is 111 Å². The van der Waals surface area contributed by atoms with Gasteiger partial charge in [-0.3, -0.25) is 9.59 Å². The molecular formula is C34H43ClN2O7S. The van der Waals surface area contributed by atoms with Crippen molar-refractivity contribution < 1.29 is 32.2 Å². The van der Waals surface area contributed by atoms with Crippen LogP contribution in [0.1, 0.15) is 66.9 Å². The maximum atomic E-state index is 13.6. The van der Waals surface area contributed by atoms with Crippen molar-refractivity contribution in [2.24, 2.45) is 17.8 Å². The van der Waals surface area contributed by atoms with Gasteiger partial charge in [-0.2, -0.15) is 0 Å². The standard InChI is InChI=1S/C34H43ClN2O7S/c1-22-7-6-9-30(42-2)28-14-11-25(28)20-37-16-5-4-8-23-17-27(35)13-10-26(23)21-44-31-15-12-24(18-29(31)37)34(39)36-45(40,41)32(22)19-33(38)43-3/h6,9-10,12-13,15,17-18,22,25,28,30,32H,4-5,7-8,11,14,16,19-21H2,1-3H3,(H,36,39)/b9-6+/t22-,25+,28-,30+,32+/m1/s1. The molecule has 2 aliphatic heterocycles. The van der Waals surface area contributed by atoms with Crippen LogP contribution in [0.5, 0.6) is 5.75 Å². The maximum Gasteiger partial charge on any atom is 0.306 e. The van der Waals surface area contributed by atoms with E-state index in [9.17, 15) is 18.0 Å². The summed E-state index contributed by atoms with van der Waals surface area (Å²) in [6.45, 7) is 3.60. The number of anilines is 1. The highest BCUT2D eigenvalue weighted by Gasteiger charge is 2.39. The molecule has 9 nitrogen and oxygen atoms in total. The van der Waals surface area contributed by atoms with Crippen LogP contribution in [0.4, 0.5) is 5.69 Å². The van der Waals surface area contributed by atoms with E-state index in [0.29, 0.717) is 35.6 Å². The van der Waals surface area contributed by atoms with E-state index in [0.717, 1.165) is 62.0 Å². The van der Waals surface area contributed by atoms with E-state index in [1.54, 1.807) is 32.2 Å². The Bertz CT molecular complexity index is 1530. The third-order valence-electron chi connectivity index (χ3n) is 9.56. The van der Waals surface area contributed by atoms with Gasteiger partial charge in [-0.05, 0) is 97.7 Å². The van der Waals surface area contributed by atoms with Crippen molar-refractivity contribution in [3.8, 4) is 5.75 Å². The second-order valence-corrected chi connectivity index (χ2v) is 14.8. The highest BCUT2D eigenvalue weighted by molar-refractivity contribution is 7.90. The molecule has 2 aromatic rings. The van der Waals surface area contributed by atoms with Crippen molar-refractivity contribution in [3.05, 3.63) is 70.3 Å². The first-order valence-corrected chi connectivity index (χ1v) is 17.6. The number of nitrogens with zero attached hydrogens (tertiary/aromatic N) is 1. The van der Waals surface area contributed by atoms with Crippen LogP contribution >= 0.6 is 11.6 Å². The Morgan fingerprint density at radius 2 is 1.93 bits per heavy atom. The second-order valence-electron chi connectivity index (χ2n) is 12.4. The molecule has 0 saturated heterocycles. The van der Waals surface area contributed by atoms with Crippen LogP contribution in [0.3, 0.4) is 0 Å². The molecule has 2 aromatic carbocycles. The number of fused-ring (bicyclic) bond motifs is 3. The molecule has 1 fully saturated rings. The first-order valence-electron chi connectivity index (χ1n) is 15.7. The zero-order valence-electron chi connectivity index (χ0n) is 26.2. The highest BCUT2D eigenvalue weighted by atomic mass is 35.5. The number of carbonyl (C=O) groups is 2. The number of benzene rings is 2. The molecule has 2 bridgehead atoms. The third kappa shape index (κ3) is 7.84. The molecule has 0 unspecified atom stereocenters. The first kappa shape index (κ1) is 33.3. The van der Waals surface area contributed by atoms with Crippen LogP contribution in [0.15, 0.2) is 48.6 Å². The van der Waals surface area contributed by atoms with Crippen LogP contribution in [-0.4, -0.2) is 59.0 Å². The Hall–Kier alpha value is -3.08. The van der Waals surface area contributed by atoms with Gasteiger partial charge in [0.05, 0.1) is 30.6 Å². The molecule has 0 radical (unpaired) electrons. The Kier molecular flexibility index (Phi) is 10.8. The number of hydrogen-bond acceptors (Lipinski definition) is 8. The predicted octanol–water partition coefficient (Wildman–Crippen LogP) is 5.69. The van der Waals surface area contributed by atoms with Crippen molar-refractivity contribution >= 4 is 39.2 Å². The number of carbonyl (C=O) groups excluding carboxylic acids is 2. The van der Waals surface area contributed by atoms with Gasteiger partial charge in [-0.1, -0.05) is 36.7 Å². The summed E-state index contributed by atoms with van der Waals surface area (Å²) in [6.07, 6.45) is 8.69. The van der Waals surface area contributed by atoms with Crippen LogP contribution in [0, 0.1) is 17.8 Å². The van der Waals surface area contributed by atoms with Gasteiger partial charge in [-0.15, -0.1) is 0 Å². The molecule has 1 N–H and O–H groups in total. The van der Waals surface area contributed by atoms with Crippen LogP contribution < -0.4 is 14.4 Å². The van der Waals surface area contributed by atoms with E-state index in [1.807, 2.05) is 30.4 Å². The van der Waals surface area contributed by atoms with Crippen LogP contribution in [0.2, 0.25) is 5.02 Å². The van der Waals surface area contributed by atoms with Crippen LogP contribution in [-0.2, 0) is 37.3 Å². The Morgan fingerprint density at radius 1 is 1.11 bits per heavy atom. The Labute approximate surface area is 271 Å². The first-order chi connectivity index (χ1) is 21.6. The second kappa shape index (κ2) is 14.6. The number of amides is 1. The fourth-order valence-electron chi connectivity index (χ4n) is 6.72. The minimum absolute atomic E-state index is 0.121. The largest absolute Gasteiger partial charge is 0.487 e. The number of rotatable bonds is 3. The van der Waals surface area contributed by atoms with E-state index in [1.165, 1.54) is 7.11 Å². The molecule has 5 rings (SSSR count). The molecule has 11 heteroatoms. The van der Waals surface area contributed by atoms with Crippen molar-refractivity contribution in [2.45, 2.75) is 69.8 Å². The molecule has 0 spiro atoms. The van der Waals surface area contributed by atoms with Gasteiger partial charge in [0, 0.05) is 30.8 Å². The van der Waals surface area contributed by atoms with Gasteiger partial charge in [0.15, 0.2) is 0 Å². The molecule has 1 aliphatic carbocycles. The van der Waals surface area contributed by atoms with E-state index in [2.05, 4.69) is 9.62 Å². The lowest BCUT2D eigenvalue weighted by molar-refractivity contribution is -0.140. The van der Waals surface area contributed by atoms with Gasteiger partial charge in [0.1, 0.15) is 12.4 Å². The van der Waals surface area contributed by atoms with Gasteiger partial charge in [0.25, 0.3) is 5.91 Å². The number of hydrogen-bond donors (Lipinski definition) is 1. The van der Waals surface area contributed by atoms with E-state index in [-0.39, 0.29) is 18.1 Å². The number of sulfonamides is 1. The molecule has 5 atom stereocenters. The summed E-state index contributed by atoms with van der Waals surface area (Å²) in [5.41, 5.74) is 3.16. The van der Waals surface area contributed by atoms with Crippen molar-refractivity contribution in [3.63, 3.8) is 0 Å². The summed E-state index contributed by atoms with van der Waals surface area (Å²) in [5.74, 6) is -0.598. The average molecular weight is 659 g/mol. The number of aryl methyl sites for hydroxylation is 1. The molecule has 1 saturated carbocycles. The highest BCUT2D eigenvalue weighted by Crippen LogP contribution is 2.41. The van der Waals surface area contributed by atoms with Gasteiger partial charge in [0.2, 0.25) is 10.0 Å². The number of ether oxygens (including phenoxy) is 3.